The van der Waals surface area contributed by atoms with Crippen molar-refractivity contribution in [2.75, 3.05) is 32.8 Å². The van der Waals surface area contributed by atoms with Crippen molar-refractivity contribution in [3.63, 3.8) is 0 Å². The smallest absolute Gasteiger partial charge is 0.0446 e. The van der Waals surface area contributed by atoms with Crippen molar-refractivity contribution in [2.24, 2.45) is 5.92 Å². The highest BCUT2D eigenvalue weighted by molar-refractivity contribution is 7.11. The third-order valence-corrected chi connectivity index (χ3v) is 4.91. The molecular weight excluding hydrogens is 268 g/mol. The van der Waals surface area contributed by atoms with E-state index in [9.17, 15) is 5.11 Å². The van der Waals surface area contributed by atoms with Crippen LogP contribution in [-0.2, 0) is 6.54 Å². The minimum atomic E-state index is 0.297. The van der Waals surface area contributed by atoms with E-state index < -0.39 is 0 Å². The van der Waals surface area contributed by atoms with Gasteiger partial charge in [-0.3, -0.25) is 9.80 Å². The lowest BCUT2D eigenvalue weighted by Gasteiger charge is -2.42. The Hall–Kier alpha value is -0.420. The molecule has 20 heavy (non-hydrogen) atoms. The van der Waals surface area contributed by atoms with Crippen molar-refractivity contribution in [3.8, 4) is 0 Å². The van der Waals surface area contributed by atoms with Crippen LogP contribution in [0.2, 0.25) is 0 Å². The SMILES string of the molecule is Cc1ccc(CN2CCN(CC(C)C)[C@@H](CCO)C2)s1. The normalized spacial score (nSPS) is 21.8. The molecule has 114 valence electrons. The van der Waals surface area contributed by atoms with E-state index >= 15 is 0 Å². The minimum Gasteiger partial charge on any atom is -0.396 e. The topological polar surface area (TPSA) is 26.7 Å². The van der Waals surface area contributed by atoms with Crippen LogP contribution in [-0.4, -0.2) is 53.7 Å². The molecule has 1 atom stereocenters. The van der Waals surface area contributed by atoms with Gasteiger partial charge in [-0.1, -0.05) is 13.8 Å². The zero-order valence-corrected chi connectivity index (χ0v) is 13.8. The first-order valence-electron chi connectivity index (χ1n) is 7.71. The van der Waals surface area contributed by atoms with Gasteiger partial charge < -0.3 is 5.11 Å². The van der Waals surface area contributed by atoms with Crippen LogP contribution in [0.25, 0.3) is 0 Å². The van der Waals surface area contributed by atoms with Crippen molar-refractivity contribution in [3.05, 3.63) is 21.9 Å². The van der Waals surface area contributed by atoms with Crippen LogP contribution < -0.4 is 0 Å². The highest BCUT2D eigenvalue weighted by Crippen LogP contribution is 2.21. The van der Waals surface area contributed by atoms with Crippen molar-refractivity contribution in [1.82, 2.24) is 9.80 Å². The molecule has 1 aliphatic heterocycles. The molecule has 2 heterocycles. The molecule has 0 bridgehead atoms. The summed E-state index contributed by atoms with van der Waals surface area (Å²) in [4.78, 5) is 7.97. The molecule has 0 radical (unpaired) electrons. The predicted molar refractivity (Wildman–Crippen MR) is 86.2 cm³/mol. The van der Waals surface area contributed by atoms with Crippen molar-refractivity contribution < 1.29 is 5.11 Å². The monoisotopic (exact) mass is 296 g/mol. The second-order valence-electron chi connectivity index (χ2n) is 6.30. The van der Waals surface area contributed by atoms with Crippen molar-refractivity contribution in [1.29, 1.82) is 0 Å². The summed E-state index contributed by atoms with van der Waals surface area (Å²) in [6, 6.07) is 4.97. The Labute approximate surface area is 127 Å². The molecule has 0 saturated carbocycles. The fraction of sp³-hybridized carbons (Fsp3) is 0.750. The molecule has 0 spiro atoms. The Balaban J connectivity index is 1.91. The number of aryl methyl sites for hydroxylation is 1. The molecule has 4 heteroatoms. The third-order valence-electron chi connectivity index (χ3n) is 3.93. The van der Waals surface area contributed by atoms with Gasteiger partial charge in [0.05, 0.1) is 0 Å². The Morgan fingerprint density at radius 2 is 2.15 bits per heavy atom. The minimum absolute atomic E-state index is 0.297. The Morgan fingerprint density at radius 1 is 1.35 bits per heavy atom. The lowest BCUT2D eigenvalue weighted by atomic mass is 10.1. The van der Waals surface area contributed by atoms with Crippen LogP contribution in [0.3, 0.4) is 0 Å². The first-order valence-corrected chi connectivity index (χ1v) is 8.52. The number of hydrogen-bond acceptors (Lipinski definition) is 4. The van der Waals surface area contributed by atoms with Crippen LogP contribution in [0.15, 0.2) is 12.1 Å². The first kappa shape index (κ1) is 16.0. The molecular formula is C16H28N2OS. The van der Waals surface area contributed by atoms with Crippen molar-refractivity contribution >= 4 is 11.3 Å². The molecule has 0 amide bonds. The highest BCUT2D eigenvalue weighted by atomic mass is 32.1. The summed E-state index contributed by atoms with van der Waals surface area (Å²) in [5.74, 6) is 0.697. The number of aliphatic hydroxyl groups is 1. The van der Waals surface area contributed by atoms with Crippen LogP contribution >= 0.6 is 11.3 Å². The average molecular weight is 296 g/mol. The van der Waals surface area contributed by atoms with Gasteiger partial charge in [-0.15, -0.1) is 11.3 Å². The van der Waals surface area contributed by atoms with Crippen LogP contribution in [0, 0.1) is 12.8 Å². The number of rotatable bonds is 6. The largest absolute Gasteiger partial charge is 0.396 e. The Bertz CT molecular complexity index is 405. The molecule has 1 aromatic heterocycles. The molecule has 0 aromatic carbocycles. The maximum absolute atomic E-state index is 9.31. The van der Waals surface area contributed by atoms with Crippen LogP contribution in [0.1, 0.15) is 30.0 Å². The summed E-state index contributed by atoms with van der Waals surface area (Å²) in [5.41, 5.74) is 0. The number of hydrogen-bond donors (Lipinski definition) is 1. The molecule has 0 aliphatic carbocycles. The second-order valence-corrected chi connectivity index (χ2v) is 7.67. The Morgan fingerprint density at radius 3 is 2.75 bits per heavy atom. The Kier molecular flexibility index (Phi) is 6.02. The van der Waals surface area contributed by atoms with E-state index in [4.69, 9.17) is 0 Å². The molecule has 2 rings (SSSR count). The van der Waals surface area contributed by atoms with Crippen LogP contribution in [0.5, 0.6) is 0 Å². The molecule has 1 fully saturated rings. The maximum Gasteiger partial charge on any atom is 0.0446 e. The third kappa shape index (κ3) is 4.55. The van der Waals surface area contributed by atoms with Crippen LogP contribution in [0.4, 0.5) is 0 Å². The van der Waals surface area contributed by atoms with Gasteiger partial charge in [0.1, 0.15) is 0 Å². The van der Waals surface area contributed by atoms with Gasteiger partial charge >= 0.3 is 0 Å². The average Bonchev–Trinajstić information content (AvgIpc) is 2.78. The van der Waals surface area contributed by atoms with Gasteiger partial charge in [0.15, 0.2) is 0 Å². The van der Waals surface area contributed by atoms with Gasteiger partial charge in [0, 0.05) is 55.1 Å². The van der Waals surface area contributed by atoms with Crippen molar-refractivity contribution in [2.45, 2.75) is 39.8 Å². The molecule has 1 aliphatic rings. The van der Waals surface area contributed by atoms with E-state index in [1.807, 2.05) is 11.3 Å². The number of thiophene rings is 1. The molecule has 1 N–H and O–H groups in total. The highest BCUT2D eigenvalue weighted by Gasteiger charge is 2.26. The fourth-order valence-corrected chi connectivity index (χ4v) is 3.96. The first-order chi connectivity index (χ1) is 9.58. The number of aliphatic hydroxyl groups excluding tert-OH is 1. The van der Waals surface area contributed by atoms with E-state index in [0.717, 1.165) is 39.1 Å². The van der Waals surface area contributed by atoms with Gasteiger partial charge in [-0.25, -0.2) is 0 Å². The fourth-order valence-electron chi connectivity index (χ4n) is 3.02. The van der Waals surface area contributed by atoms with E-state index in [-0.39, 0.29) is 0 Å². The lowest BCUT2D eigenvalue weighted by molar-refractivity contribution is 0.0481. The van der Waals surface area contributed by atoms with Gasteiger partial charge in [0.2, 0.25) is 0 Å². The zero-order chi connectivity index (χ0) is 14.5. The van der Waals surface area contributed by atoms with E-state index in [1.165, 1.54) is 9.75 Å². The predicted octanol–water partition coefficient (Wildman–Crippen LogP) is 2.58. The molecule has 1 saturated heterocycles. The second kappa shape index (κ2) is 7.55. The van der Waals surface area contributed by atoms with Gasteiger partial charge in [0.25, 0.3) is 0 Å². The van der Waals surface area contributed by atoms with Gasteiger partial charge in [-0.05, 0) is 31.4 Å². The summed E-state index contributed by atoms with van der Waals surface area (Å²) >= 11 is 1.90. The summed E-state index contributed by atoms with van der Waals surface area (Å²) in [7, 11) is 0. The summed E-state index contributed by atoms with van der Waals surface area (Å²) < 4.78 is 0. The summed E-state index contributed by atoms with van der Waals surface area (Å²) in [5, 5.41) is 9.31. The number of nitrogens with zero attached hydrogens (tertiary/aromatic N) is 2. The maximum atomic E-state index is 9.31. The quantitative estimate of drug-likeness (QED) is 0.874. The van der Waals surface area contributed by atoms with E-state index in [0.29, 0.717) is 18.6 Å². The molecule has 1 aromatic rings. The van der Waals surface area contributed by atoms with E-state index in [2.05, 4.69) is 42.7 Å². The van der Waals surface area contributed by atoms with E-state index in [1.54, 1.807) is 0 Å². The standard InChI is InChI=1S/C16H28N2OS/c1-13(2)10-18-8-7-17(11-15(18)6-9-19)12-16-5-4-14(3)20-16/h4-5,13,15,19H,6-12H2,1-3H3/t15-/m0/s1. The molecule has 3 nitrogen and oxygen atoms in total. The molecule has 0 unspecified atom stereocenters. The zero-order valence-electron chi connectivity index (χ0n) is 13.0. The lowest BCUT2D eigenvalue weighted by Crippen LogP contribution is -2.53. The summed E-state index contributed by atoms with van der Waals surface area (Å²) in [6.07, 6.45) is 0.896. The summed E-state index contributed by atoms with van der Waals surface area (Å²) in [6.45, 7) is 12.6. The number of piperazine rings is 1. The van der Waals surface area contributed by atoms with Gasteiger partial charge in [-0.2, -0.15) is 0 Å².